The van der Waals surface area contributed by atoms with Crippen molar-refractivity contribution in [2.24, 2.45) is 0 Å². The molecule has 0 unspecified atom stereocenters. The molecule has 4 rings (SSSR count). The number of unbranched alkanes of at least 4 members (excludes halogenated alkanes) is 1. The molecule has 0 aliphatic carbocycles. The highest BCUT2D eigenvalue weighted by atomic mass is 32.1. The first-order valence-corrected chi connectivity index (χ1v) is 11.1. The van der Waals surface area contributed by atoms with Gasteiger partial charge in [0, 0.05) is 24.0 Å². The van der Waals surface area contributed by atoms with Gasteiger partial charge in [-0.1, -0.05) is 13.3 Å². The molecule has 1 aromatic carbocycles. The summed E-state index contributed by atoms with van der Waals surface area (Å²) in [5, 5.41) is 3.23. The van der Waals surface area contributed by atoms with Crippen LogP contribution >= 0.6 is 11.3 Å². The van der Waals surface area contributed by atoms with Crippen LogP contribution in [0.3, 0.4) is 0 Å². The third-order valence-electron chi connectivity index (χ3n) is 5.41. The predicted molar refractivity (Wildman–Crippen MR) is 113 cm³/mol. The summed E-state index contributed by atoms with van der Waals surface area (Å²) in [5.74, 6) is 1.61. The van der Waals surface area contributed by atoms with Crippen LogP contribution in [-0.2, 0) is 0 Å². The molecule has 3 heterocycles. The van der Waals surface area contributed by atoms with Crippen LogP contribution in [-0.4, -0.2) is 49.7 Å². The molecular formula is C22H28N2O3S. The first-order valence-electron chi connectivity index (χ1n) is 10.3. The summed E-state index contributed by atoms with van der Waals surface area (Å²) in [6, 6.07) is 10.2. The van der Waals surface area contributed by atoms with Crippen LogP contribution in [0.1, 0.15) is 42.3 Å². The van der Waals surface area contributed by atoms with Gasteiger partial charge in [0.15, 0.2) is 11.5 Å². The Hall–Kier alpha value is -2.05. The van der Waals surface area contributed by atoms with Crippen molar-refractivity contribution in [1.29, 1.82) is 0 Å². The molecule has 1 amide bonds. The van der Waals surface area contributed by atoms with E-state index < -0.39 is 0 Å². The maximum absolute atomic E-state index is 12.7. The Morgan fingerprint density at radius 3 is 2.71 bits per heavy atom. The number of rotatable bonds is 6. The van der Waals surface area contributed by atoms with Crippen molar-refractivity contribution in [3.63, 3.8) is 0 Å². The molecule has 0 atom stereocenters. The normalized spacial score (nSPS) is 17.5. The van der Waals surface area contributed by atoms with Crippen LogP contribution in [0, 0.1) is 0 Å². The summed E-state index contributed by atoms with van der Waals surface area (Å²) >= 11 is 1.53. The van der Waals surface area contributed by atoms with Crippen LogP contribution < -0.4 is 14.8 Å². The van der Waals surface area contributed by atoms with Gasteiger partial charge in [-0.05, 0) is 61.7 Å². The molecule has 1 N–H and O–H groups in total. The topological polar surface area (TPSA) is 50.8 Å². The van der Waals surface area contributed by atoms with Gasteiger partial charge < -0.3 is 19.7 Å². The van der Waals surface area contributed by atoms with Gasteiger partial charge in [0.2, 0.25) is 0 Å². The monoisotopic (exact) mass is 400 g/mol. The van der Waals surface area contributed by atoms with Crippen molar-refractivity contribution >= 4 is 17.2 Å². The molecule has 28 heavy (non-hydrogen) atoms. The molecule has 2 aliphatic heterocycles. The lowest BCUT2D eigenvalue weighted by Gasteiger charge is -2.32. The molecule has 1 fully saturated rings. The summed E-state index contributed by atoms with van der Waals surface area (Å²) < 4.78 is 11.3. The number of carbonyl (C=O) groups excluding carboxylic acids is 1. The van der Waals surface area contributed by atoms with Gasteiger partial charge >= 0.3 is 0 Å². The van der Waals surface area contributed by atoms with E-state index in [4.69, 9.17) is 9.47 Å². The Labute approximate surface area is 170 Å². The fraction of sp³-hybridized carbons (Fsp3) is 0.500. The number of thiophene rings is 1. The maximum atomic E-state index is 12.7. The number of amides is 1. The minimum absolute atomic E-state index is 0.0424. The van der Waals surface area contributed by atoms with Gasteiger partial charge in [-0.3, -0.25) is 4.79 Å². The van der Waals surface area contributed by atoms with E-state index >= 15 is 0 Å². The number of hydrogen-bond donors (Lipinski definition) is 1. The molecule has 0 saturated carbocycles. The summed E-state index contributed by atoms with van der Waals surface area (Å²) in [6.45, 7) is 6.74. The zero-order valence-electron chi connectivity index (χ0n) is 16.4. The Morgan fingerprint density at radius 2 is 1.93 bits per heavy atom. The van der Waals surface area contributed by atoms with E-state index in [1.165, 1.54) is 30.7 Å². The van der Waals surface area contributed by atoms with Crippen molar-refractivity contribution < 1.29 is 14.3 Å². The highest BCUT2D eigenvalue weighted by Gasteiger charge is 2.22. The third kappa shape index (κ3) is 4.50. The largest absolute Gasteiger partial charge is 0.486 e. The molecule has 1 aromatic heterocycles. The number of fused-ring (bicyclic) bond motifs is 1. The Morgan fingerprint density at radius 1 is 1.14 bits per heavy atom. The van der Waals surface area contributed by atoms with Gasteiger partial charge in [0.1, 0.15) is 13.2 Å². The quantitative estimate of drug-likeness (QED) is 0.790. The van der Waals surface area contributed by atoms with E-state index in [0.717, 1.165) is 52.7 Å². The van der Waals surface area contributed by atoms with E-state index in [0.29, 0.717) is 13.2 Å². The lowest BCUT2D eigenvalue weighted by atomic mass is 10.0. The van der Waals surface area contributed by atoms with E-state index in [9.17, 15) is 4.79 Å². The summed E-state index contributed by atoms with van der Waals surface area (Å²) in [6.07, 6.45) is 4.57. The van der Waals surface area contributed by atoms with Crippen molar-refractivity contribution in [3.05, 3.63) is 35.2 Å². The van der Waals surface area contributed by atoms with Crippen molar-refractivity contribution in [3.8, 4) is 21.9 Å². The number of piperidine rings is 1. The van der Waals surface area contributed by atoms with E-state index in [-0.39, 0.29) is 11.9 Å². The zero-order chi connectivity index (χ0) is 19.3. The summed E-state index contributed by atoms with van der Waals surface area (Å²) in [4.78, 5) is 17.0. The average Bonchev–Trinajstić information content (AvgIpc) is 3.23. The van der Waals surface area contributed by atoms with Crippen molar-refractivity contribution in [2.45, 2.75) is 38.6 Å². The van der Waals surface area contributed by atoms with Crippen LogP contribution in [0.25, 0.3) is 10.4 Å². The lowest BCUT2D eigenvalue weighted by molar-refractivity contribution is 0.0915. The number of hydrogen-bond acceptors (Lipinski definition) is 5. The minimum Gasteiger partial charge on any atom is -0.486 e. The Bertz CT molecular complexity index is 812. The van der Waals surface area contributed by atoms with Crippen molar-refractivity contribution in [2.75, 3.05) is 32.8 Å². The van der Waals surface area contributed by atoms with E-state index in [1.54, 1.807) is 0 Å². The molecule has 2 aliphatic rings. The highest BCUT2D eigenvalue weighted by molar-refractivity contribution is 7.17. The zero-order valence-corrected chi connectivity index (χ0v) is 17.2. The summed E-state index contributed by atoms with van der Waals surface area (Å²) in [5.41, 5.74) is 1.05. The van der Waals surface area contributed by atoms with E-state index in [2.05, 4.69) is 17.1 Å². The minimum atomic E-state index is 0.0424. The SMILES string of the molecule is CCCCN1CCC(NC(=O)c2ccc(-c3ccc4c(c3)OCCO4)s2)CC1. The first-order chi connectivity index (χ1) is 13.7. The average molecular weight is 401 g/mol. The number of nitrogens with one attached hydrogen (secondary N) is 1. The maximum Gasteiger partial charge on any atom is 0.261 e. The van der Waals surface area contributed by atoms with Gasteiger partial charge in [-0.15, -0.1) is 11.3 Å². The van der Waals surface area contributed by atoms with Crippen LogP contribution in [0.2, 0.25) is 0 Å². The molecule has 2 aromatic rings. The third-order valence-corrected chi connectivity index (χ3v) is 6.54. The standard InChI is InChI=1S/C22H28N2O3S/c1-2-3-10-24-11-8-17(9-12-24)23-22(25)21-7-6-20(28-21)16-4-5-18-19(15-16)27-14-13-26-18/h4-7,15,17H,2-3,8-14H2,1H3,(H,23,25). The number of benzene rings is 1. The van der Waals surface area contributed by atoms with Crippen molar-refractivity contribution in [1.82, 2.24) is 10.2 Å². The number of nitrogens with zero attached hydrogens (tertiary/aromatic N) is 1. The molecule has 1 saturated heterocycles. The van der Waals surface area contributed by atoms with E-state index in [1.807, 2.05) is 30.3 Å². The highest BCUT2D eigenvalue weighted by Crippen LogP contribution is 2.36. The second-order valence-electron chi connectivity index (χ2n) is 7.47. The van der Waals surface area contributed by atoms with Crippen LogP contribution in [0.4, 0.5) is 0 Å². The summed E-state index contributed by atoms with van der Waals surface area (Å²) in [7, 11) is 0. The molecule has 0 spiro atoms. The Kier molecular flexibility index (Phi) is 6.17. The smallest absolute Gasteiger partial charge is 0.261 e. The predicted octanol–water partition coefficient (Wildman–Crippen LogP) is 4.18. The fourth-order valence-electron chi connectivity index (χ4n) is 3.75. The molecule has 6 heteroatoms. The number of likely N-dealkylation sites (tertiary alicyclic amines) is 1. The van der Waals surface area contributed by atoms with Gasteiger partial charge in [0.05, 0.1) is 4.88 Å². The van der Waals surface area contributed by atoms with Gasteiger partial charge in [-0.2, -0.15) is 0 Å². The molecule has 150 valence electrons. The van der Waals surface area contributed by atoms with Crippen LogP contribution in [0.5, 0.6) is 11.5 Å². The number of ether oxygens (including phenoxy) is 2. The molecular weight excluding hydrogens is 372 g/mol. The second-order valence-corrected chi connectivity index (χ2v) is 8.55. The Balaban J connectivity index is 1.35. The molecule has 5 nitrogen and oxygen atoms in total. The fourth-order valence-corrected chi connectivity index (χ4v) is 4.66. The van der Waals surface area contributed by atoms with Crippen LogP contribution in [0.15, 0.2) is 30.3 Å². The lowest BCUT2D eigenvalue weighted by Crippen LogP contribution is -2.44. The molecule has 0 bridgehead atoms. The van der Waals surface area contributed by atoms with Gasteiger partial charge in [-0.25, -0.2) is 0 Å². The molecule has 0 radical (unpaired) electrons. The first kappa shape index (κ1) is 19.3. The number of carbonyl (C=O) groups is 1. The van der Waals surface area contributed by atoms with Gasteiger partial charge in [0.25, 0.3) is 5.91 Å². The second kappa shape index (κ2) is 8.97.